The maximum absolute atomic E-state index is 12.3. The van der Waals surface area contributed by atoms with Gasteiger partial charge in [-0.1, -0.05) is 5.16 Å². The van der Waals surface area contributed by atoms with Crippen LogP contribution in [0.2, 0.25) is 0 Å². The van der Waals surface area contributed by atoms with E-state index in [1.165, 1.54) is 23.9 Å². The summed E-state index contributed by atoms with van der Waals surface area (Å²) in [5.41, 5.74) is 0.658. The fourth-order valence-electron chi connectivity index (χ4n) is 2.22. The lowest BCUT2D eigenvalue weighted by atomic mass is 10.2. The van der Waals surface area contributed by atoms with Gasteiger partial charge in [0.2, 0.25) is 0 Å². The summed E-state index contributed by atoms with van der Waals surface area (Å²) < 4.78 is 7.20. The zero-order valence-corrected chi connectivity index (χ0v) is 13.6. The summed E-state index contributed by atoms with van der Waals surface area (Å²) in [4.78, 5) is 37.2. The van der Waals surface area contributed by atoms with Crippen LogP contribution in [0.4, 0.5) is 0 Å². The molecule has 0 saturated heterocycles. The van der Waals surface area contributed by atoms with Gasteiger partial charge < -0.3 is 9.84 Å². The molecule has 1 N–H and O–H groups in total. The Morgan fingerprint density at radius 1 is 1.35 bits per heavy atom. The van der Waals surface area contributed by atoms with Gasteiger partial charge in [0.15, 0.2) is 0 Å². The van der Waals surface area contributed by atoms with Crippen LogP contribution in [0.15, 0.2) is 26.4 Å². The Morgan fingerprint density at radius 2 is 2.09 bits per heavy atom. The van der Waals surface area contributed by atoms with Crippen molar-refractivity contribution in [1.29, 1.82) is 0 Å². The second-order valence-electron chi connectivity index (χ2n) is 5.14. The molecule has 9 heteroatoms. The number of rotatable bonds is 3. The zero-order valence-electron chi connectivity index (χ0n) is 12.7. The smallest absolute Gasteiger partial charge is 0.331 e. The van der Waals surface area contributed by atoms with Crippen LogP contribution >= 0.6 is 11.3 Å². The first-order valence-corrected chi connectivity index (χ1v) is 7.59. The van der Waals surface area contributed by atoms with Crippen molar-refractivity contribution in [1.82, 2.24) is 19.6 Å². The first-order valence-electron chi connectivity index (χ1n) is 6.77. The highest BCUT2D eigenvalue weighted by Gasteiger charge is 2.16. The Bertz CT molecular complexity index is 1020. The van der Waals surface area contributed by atoms with Crippen LogP contribution in [0.3, 0.4) is 0 Å². The van der Waals surface area contributed by atoms with E-state index < -0.39 is 11.2 Å². The molecule has 3 aromatic rings. The topological polar surface area (TPSA) is 99.1 Å². The normalized spacial score (nSPS) is 11.1. The number of aromatic nitrogens is 3. The van der Waals surface area contributed by atoms with Gasteiger partial charge in [0, 0.05) is 26.2 Å². The summed E-state index contributed by atoms with van der Waals surface area (Å²) in [5, 5.41) is 6.84. The van der Waals surface area contributed by atoms with Crippen LogP contribution in [0.5, 0.6) is 0 Å². The summed E-state index contributed by atoms with van der Waals surface area (Å²) in [6, 6.07) is 1.51. The van der Waals surface area contributed by atoms with Crippen molar-refractivity contribution in [3.05, 3.63) is 49.3 Å². The lowest BCUT2D eigenvalue weighted by Gasteiger charge is -2.02. The predicted molar refractivity (Wildman–Crippen MR) is 84.7 cm³/mol. The van der Waals surface area contributed by atoms with Crippen LogP contribution in [0, 0.1) is 6.92 Å². The molecule has 0 bridgehead atoms. The van der Waals surface area contributed by atoms with Gasteiger partial charge in [-0.15, -0.1) is 11.3 Å². The zero-order chi connectivity index (χ0) is 16.7. The minimum Gasteiger partial charge on any atom is -0.364 e. The van der Waals surface area contributed by atoms with Crippen molar-refractivity contribution in [2.45, 2.75) is 13.5 Å². The van der Waals surface area contributed by atoms with Gasteiger partial charge in [0.25, 0.3) is 11.5 Å². The fourth-order valence-corrected chi connectivity index (χ4v) is 3.24. The van der Waals surface area contributed by atoms with Crippen molar-refractivity contribution in [2.24, 2.45) is 14.1 Å². The van der Waals surface area contributed by atoms with Crippen LogP contribution in [0.25, 0.3) is 10.2 Å². The molecule has 0 atom stereocenters. The van der Waals surface area contributed by atoms with Crippen LogP contribution in [0.1, 0.15) is 20.9 Å². The van der Waals surface area contributed by atoms with E-state index in [1.807, 2.05) is 0 Å². The SMILES string of the molecule is Cc1nocc1CNC(=O)c1cc2c(=O)n(C)c(=O)n(C)c2s1. The van der Waals surface area contributed by atoms with Crippen molar-refractivity contribution < 1.29 is 9.32 Å². The Kier molecular flexibility index (Phi) is 3.64. The predicted octanol–water partition coefficient (Wildman–Crippen LogP) is 0.525. The molecule has 3 rings (SSSR count). The molecular formula is C14H14N4O4S. The van der Waals surface area contributed by atoms with E-state index in [0.29, 0.717) is 20.8 Å². The number of nitrogens with zero attached hydrogens (tertiary/aromatic N) is 3. The summed E-state index contributed by atoms with van der Waals surface area (Å²) in [6.07, 6.45) is 1.47. The Hall–Kier alpha value is -2.68. The third-order valence-corrected chi connectivity index (χ3v) is 4.85. The monoisotopic (exact) mass is 334 g/mol. The minimum atomic E-state index is -0.420. The van der Waals surface area contributed by atoms with Crippen molar-refractivity contribution in [3.63, 3.8) is 0 Å². The number of hydrogen-bond donors (Lipinski definition) is 1. The van der Waals surface area contributed by atoms with E-state index in [4.69, 9.17) is 4.52 Å². The summed E-state index contributed by atoms with van der Waals surface area (Å²) in [5.74, 6) is -0.318. The molecule has 0 spiro atoms. The fraction of sp³-hybridized carbons (Fsp3) is 0.286. The van der Waals surface area contributed by atoms with E-state index in [9.17, 15) is 14.4 Å². The van der Waals surface area contributed by atoms with E-state index in [1.54, 1.807) is 14.0 Å². The van der Waals surface area contributed by atoms with Gasteiger partial charge in [-0.2, -0.15) is 0 Å². The number of amides is 1. The molecule has 0 fully saturated rings. The Morgan fingerprint density at radius 3 is 2.74 bits per heavy atom. The van der Waals surface area contributed by atoms with E-state index >= 15 is 0 Å². The third-order valence-electron chi connectivity index (χ3n) is 3.64. The van der Waals surface area contributed by atoms with Gasteiger partial charge in [-0.3, -0.25) is 18.7 Å². The van der Waals surface area contributed by atoms with Gasteiger partial charge in [-0.25, -0.2) is 4.79 Å². The van der Waals surface area contributed by atoms with Crippen molar-refractivity contribution in [3.8, 4) is 0 Å². The molecule has 120 valence electrons. The number of nitrogens with one attached hydrogen (secondary N) is 1. The Balaban J connectivity index is 1.94. The largest absolute Gasteiger partial charge is 0.364 e. The number of carbonyl (C=O) groups excluding carboxylic acids is 1. The molecular weight excluding hydrogens is 320 g/mol. The molecule has 0 saturated carbocycles. The highest BCUT2D eigenvalue weighted by molar-refractivity contribution is 7.20. The van der Waals surface area contributed by atoms with Crippen molar-refractivity contribution >= 4 is 27.5 Å². The third kappa shape index (κ3) is 2.48. The van der Waals surface area contributed by atoms with Gasteiger partial charge in [-0.05, 0) is 13.0 Å². The van der Waals surface area contributed by atoms with Gasteiger partial charge in [0.1, 0.15) is 11.1 Å². The number of hydrogen-bond acceptors (Lipinski definition) is 6. The number of thiophene rings is 1. The number of fused-ring (bicyclic) bond motifs is 1. The van der Waals surface area contributed by atoms with Crippen LogP contribution < -0.4 is 16.6 Å². The first-order chi connectivity index (χ1) is 10.9. The maximum atomic E-state index is 12.3. The molecule has 3 heterocycles. The molecule has 0 unspecified atom stereocenters. The van der Waals surface area contributed by atoms with Gasteiger partial charge in [0.05, 0.1) is 16.0 Å². The second-order valence-corrected chi connectivity index (χ2v) is 6.17. The molecule has 0 radical (unpaired) electrons. The highest BCUT2D eigenvalue weighted by Crippen LogP contribution is 2.21. The highest BCUT2D eigenvalue weighted by atomic mass is 32.1. The van der Waals surface area contributed by atoms with E-state index in [2.05, 4.69) is 10.5 Å². The molecule has 0 aliphatic carbocycles. The summed E-state index contributed by atoms with van der Waals surface area (Å²) in [6.45, 7) is 2.06. The quantitative estimate of drug-likeness (QED) is 0.753. The number of carbonyl (C=O) groups is 1. The molecule has 8 nitrogen and oxygen atoms in total. The molecule has 23 heavy (non-hydrogen) atoms. The van der Waals surface area contributed by atoms with Crippen LogP contribution in [-0.2, 0) is 20.6 Å². The maximum Gasteiger partial charge on any atom is 0.331 e. The molecule has 0 aliphatic heterocycles. The van der Waals surface area contributed by atoms with E-state index in [-0.39, 0.29) is 12.5 Å². The molecule has 0 aliphatic rings. The second kappa shape index (κ2) is 5.51. The van der Waals surface area contributed by atoms with Crippen LogP contribution in [-0.4, -0.2) is 20.2 Å². The lowest BCUT2D eigenvalue weighted by molar-refractivity contribution is 0.0955. The average Bonchev–Trinajstić information content (AvgIpc) is 3.15. The molecule has 0 aromatic carbocycles. The average molecular weight is 334 g/mol. The Labute approximate surface area is 133 Å². The molecule has 1 amide bonds. The van der Waals surface area contributed by atoms with E-state index in [0.717, 1.165) is 21.5 Å². The lowest BCUT2D eigenvalue weighted by Crippen LogP contribution is -2.36. The first kappa shape index (κ1) is 15.2. The minimum absolute atomic E-state index is 0.277. The van der Waals surface area contributed by atoms with Gasteiger partial charge >= 0.3 is 5.69 Å². The van der Waals surface area contributed by atoms with Crippen molar-refractivity contribution in [2.75, 3.05) is 0 Å². The molecule has 3 aromatic heterocycles. The summed E-state index contributed by atoms with van der Waals surface area (Å²) >= 11 is 1.11. The summed E-state index contributed by atoms with van der Waals surface area (Å²) in [7, 11) is 2.99. The number of aryl methyl sites for hydroxylation is 2. The standard InChI is InChI=1S/C14H14N4O4S/c1-7-8(6-22-16-7)5-15-11(19)10-4-9-12(20)17(2)14(21)18(3)13(9)23-10/h4,6H,5H2,1-3H3,(H,15,19).